The molecule has 0 aliphatic carbocycles. The van der Waals surface area contributed by atoms with E-state index >= 15 is 0 Å². The Balaban J connectivity index is 1.76. The molecule has 0 aromatic heterocycles. The first kappa shape index (κ1) is 19.1. The van der Waals surface area contributed by atoms with Crippen molar-refractivity contribution in [1.29, 1.82) is 0 Å². The van der Waals surface area contributed by atoms with Gasteiger partial charge in [-0.1, -0.05) is 17.7 Å². The summed E-state index contributed by atoms with van der Waals surface area (Å²) < 4.78 is 33.0. The van der Waals surface area contributed by atoms with E-state index in [-0.39, 0.29) is 23.1 Å². The summed E-state index contributed by atoms with van der Waals surface area (Å²) in [5.41, 5.74) is 1.01. The number of carbonyl (C=O) groups excluding carboxylic acids is 1. The molecule has 0 saturated carbocycles. The summed E-state index contributed by atoms with van der Waals surface area (Å²) in [5, 5.41) is 0. The van der Waals surface area contributed by atoms with E-state index in [2.05, 4.69) is 0 Å². The molecule has 1 aromatic carbocycles. The minimum Gasteiger partial charge on any atom is -0.372 e. The fraction of sp³-hybridized carbons (Fsp3) is 0.611. The fourth-order valence-electron chi connectivity index (χ4n) is 3.67. The van der Waals surface area contributed by atoms with Gasteiger partial charge < -0.3 is 14.5 Å². The molecule has 2 heterocycles. The minimum atomic E-state index is -3.63. The Labute approximate surface area is 155 Å². The van der Waals surface area contributed by atoms with Crippen LogP contribution in [0.3, 0.4) is 0 Å². The number of hydrogen-bond donors (Lipinski definition) is 0. The highest BCUT2D eigenvalue weighted by Crippen LogP contribution is 2.26. The van der Waals surface area contributed by atoms with Crippen molar-refractivity contribution in [2.75, 3.05) is 26.2 Å². The van der Waals surface area contributed by atoms with Crippen LogP contribution in [0.5, 0.6) is 0 Å². The molecular formula is C18H27N3O4S. The number of aryl methyl sites for hydroxylation is 1. The Morgan fingerprint density at radius 2 is 1.62 bits per heavy atom. The molecule has 2 aliphatic rings. The molecule has 2 amide bonds. The van der Waals surface area contributed by atoms with Gasteiger partial charge in [0.2, 0.25) is 10.0 Å². The molecule has 2 aliphatic heterocycles. The number of hydrogen-bond acceptors (Lipinski definition) is 4. The predicted molar refractivity (Wildman–Crippen MR) is 98.2 cm³/mol. The Morgan fingerprint density at radius 1 is 1.04 bits per heavy atom. The van der Waals surface area contributed by atoms with Crippen LogP contribution in [0.2, 0.25) is 0 Å². The van der Waals surface area contributed by atoms with Gasteiger partial charge in [-0.15, -0.1) is 0 Å². The maximum atomic E-state index is 13.0. The van der Waals surface area contributed by atoms with E-state index in [9.17, 15) is 13.2 Å². The lowest BCUT2D eigenvalue weighted by molar-refractivity contribution is -0.0588. The molecule has 2 saturated heterocycles. The van der Waals surface area contributed by atoms with Gasteiger partial charge in [-0.3, -0.25) is 0 Å². The molecule has 2 fully saturated rings. The summed E-state index contributed by atoms with van der Waals surface area (Å²) in [4.78, 5) is 16.6. The van der Waals surface area contributed by atoms with Crippen LogP contribution >= 0.6 is 0 Å². The van der Waals surface area contributed by atoms with Crippen molar-refractivity contribution >= 4 is 16.1 Å². The van der Waals surface area contributed by atoms with Crippen molar-refractivity contribution in [2.24, 2.45) is 0 Å². The van der Waals surface area contributed by atoms with Crippen molar-refractivity contribution in [2.45, 2.75) is 51.0 Å². The summed E-state index contributed by atoms with van der Waals surface area (Å²) in [6.45, 7) is 9.32. The van der Waals surface area contributed by atoms with Crippen molar-refractivity contribution < 1.29 is 17.9 Å². The molecule has 3 rings (SSSR count). The zero-order valence-corrected chi connectivity index (χ0v) is 16.6. The van der Waals surface area contributed by atoms with Gasteiger partial charge in [0.05, 0.1) is 23.3 Å². The fourth-order valence-corrected chi connectivity index (χ4v) is 5.26. The lowest BCUT2D eigenvalue weighted by Crippen LogP contribution is -2.54. The quantitative estimate of drug-likeness (QED) is 0.784. The van der Waals surface area contributed by atoms with E-state index in [4.69, 9.17) is 4.74 Å². The summed E-state index contributed by atoms with van der Waals surface area (Å²) >= 11 is 0. The molecule has 0 radical (unpaired) electrons. The number of amides is 2. The maximum absolute atomic E-state index is 13.0. The topological polar surface area (TPSA) is 70.2 Å². The number of ether oxygens (including phenoxy) is 1. The van der Waals surface area contributed by atoms with Gasteiger partial charge in [0, 0.05) is 26.2 Å². The Hall–Kier alpha value is -1.64. The molecule has 7 nitrogen and oxygen atoms in total. The molecule has 3 atom stereocenters. The first-order valence-corrected chi connectivity index (χ1v) is 10.4. The lowest BCUT2D eigenvalue weighted by atomic mass is 10.2. The molecule has 0 bridgehead atoms. The van der Waals surface area contributed by atoms with Crippen LogP contribution in [0, 0.1) is 6.92 Å². The molecule has 144 valence electrons. The molecule has 0 N–H and O–H groups in total. The van der Waals surface area contributed by atoms with Crippen LogP contribution in [0.25, 0.3) is 0 Å². The maximum Gasteiger partial charge on any atom is 0.321 e. The lowest BCUT2D eigenvalue weighted by Gasteiger charge is -2.38. The number of nitrogens with zero attached hydrogens (tertiary/aromatic N) is 3. The number of urea groups is 1. The van der Waals surface area contributed by atoms with E-state index in [1.54, 1.807) is 41.0 Å². The highest BCUT2D eigenvalue weighted by atomic mass is 32.2. The smallest absolute Gasteiger partial charge is 0.321 e. The molecule has 0 unspecified atom stereocenters. The third kappa shape index (κ3) is 3.58. The second kappa shape index (κ2) is 7.17. The van der Waals surface area contributed by atoms with Crippen LogP contribution in [-0.2, 0) is 14.8 Å². The van der Waals surface area contributed by atoms with Gasteiger partial charge in [0.15, 0.2) is 0 Å². The molecular weight excluding hydrogens is 354 g/mol. The van der Waals surface area contributed by atoms with Gasteiger partial charge in [-0.05, 0) is 39.8 Å². The summed E-state index contributed by atoms with van der Waals surface area (Å²) in [6.07, 6.45) is -0.553. The monoisotopic (exact) mass is 381 g/mol. The number of rotatable bonds is 2. The van der Waals surface area contributed by atoms with Crippen LogP contribution in [-0.4, -0.2) is 73.1 Å². The second-order valence-corrected chi connectivity index (χ2v) is 9.09. The Kier molecular flexibility index (Phi) is 5.28. The Bertz CT molecular complexity index is 755. The first-order chi connectivity index (χ1) is 12.2. The normalized spacial score (nSPS) is 27.8. The molecule has 0 spiro atoms. The van der Waals surface area contributed by atoms with E-state index in [0.717, 1.165) is 5.56 Å². The third-order valence-corrected chi connectivity index (χ3v) is 6.97. The van der Waals surface area contributed by atoms with E-state index in [0.29, 0.717) is 26.2 Å². The van der Waals surface area contributed by atoms with E-state index < -0.39 is 16.2 Å². The highest BCUT2D eigenvalue weighted by molar-refractivity contribution is 7.89. The summed E-state index contributed by atoms with van der Waals surface area (Å²) in [7, 11) is -3.63. The number of carbonyl (C=O) groups is 1. The van der Waals surface area contributed by atoms with E-state index in [1.807, 2.05) is 20.8 Å². The van der Waals surface area contributed by atoms with Crippen molar-refractivity contribution in [1.82, 2.24) is 14.1 Å². The third-order valence-electron chi connectivity index (χ3n) is 4.99. The number of benzene rings is 1. The van der Waals surface area contributed by atoms with Gasteiger partial charge in [0.25, 0.3) is 0 Å². The standard InChI is InChI=1S/C18H27N3O4S/c1-13-5-7-17(8-6-13)26(23,24)21-10-9-20(16(21)4)18(22)19-11-14(2)25-15(3)12-19/h5-8,14-16H,9-12H2,1-4H3/t14-,15+,16-/m1/s1. The zero-order chi connectivity index (χ0) is 19.1. The average molecular weight is 381 g/mol. The van der Waals surface area contributed by atoms with Crippen molar-refractivity contribution in [3.8, 4) is 0 Å². The van der Waals surface area contributed by atoms with Gasteiger partial charge in [-0.25, -0.2) is 13.2 Å². The van der Waals surface area contributed by atoms with Gasteiger partial charge >= 0.3 is 6.03 Å². The largest absolute Gasteiger partial charge is 0.372 e. The highest BCUT2D eigenvalue weighted by Gasteiger charge is 2.41. The molecule has 26 heavy (non-hydrogen) atoms. The minimum absolute atomic E-state index is 0.0204. The first-order valence-electron chi connectivity index (χ1n) is 8.99. The zero-order valence-electron chi connectivity index (χ0n) is 15.8. The van der Waals surface area contributed by atoms with Crippen molar-refractivity contribution in [3.63, 3.8) is 0 Å². The van der Waals surface area contributed by atoms with Gasteiger partial charge in [0.1, 0.15) is 0 Å². The number of sulfonamides is 1. The van der Waals surface area contributed by atoms with Crippen molar-refractivity contribution in [3.05, 3.63) is 29.8 Å². The molecule has 8 heteroatoms. The van der Waals surface area contributed by atoms with Gasteiger partial charge in [-0.2, -0.15) is 4.31 Å². The van der Waals surface area contributed by atoms with Crippen LogP contribution in [0.1, 0.15) is 26.3 Å². The van der Waals surface area contributed by atoms with Crippen LogP contribution < -0.4 is 0 Å². The summed E-state index contributed by atoms with van der Waals surface area (Å²) in [6, 6.07) is 6.68. The van der Waals surface area contributed by atoms with Crippen LogP contribution in [0.4, 0.5) is 4.79 Å². The van der Waals surface area contributed by atoms with E-state index in [1.165, 1.54) is 4.31 Å². The second-order valence-electron chi connectivity index (χ2n) is 7.20. The number of morpholine rings is 1. The Morgan fingerprint density at radius 3 is 2.19 bits per heavy atom. The van der Waals surface area contributed by atoms with Crippen LogP contribution in [0.15, 0.2) is 29.2 Å². The summed E-state index contributed by atoms with van der Waals surface area (Å²) in [5.74, 6) is 0. The SMILES string of the molecule is Cc1ccc(S(=O)(=O)N2CCN(C(=O)N3C[C@@H](C)O[C@@H](C)C3)[C@H]2C)cc1. The molecule has 1 aromatic rings. The predicted octanol–water partition coefficient (Wildman–Crippen LogP) is 1.88. The average Bonchev–Trinajstić information content (AvgIpc) is 2.96.